The van der Waals surface area contributed by atoms with Crippen LogP contribution in [0.15, 0.2) is 24.3 Å². The molecule has 21 heavy (non-hydrogen) atoms. The highest BCUT2D eigenvalue weighted by Gasteiger charge is 2.36. The average molecular weight is 290 g/mol. The fourth-order valence-corrected chi connectivity index (χ4v) is 2.39. The molecule has 0 saturated carbocycles. The SMILES string of the molecule is Cc1cccc(OCCN2CCC(=O)NC(C)(C)C2=O)c1. The van der Waals surface area contributed by atoms with E-state index < -0.39 is 5.54 Å². The van der Waals surface area contributed by atoms with Crippen molar-refractivity contribution in [3.63, 3.8) is 0 Å². The predicted molar refractivity (Wildman–Crippen MR) is 80.1 cm³/mol. The molecule has 0 unspecified atom stereocenters. The Morgan fingerprint density at radius 2 is 2.10 bits per heavy atom. The van der Waals surface area contributed by atoms with Gasteiger partial charge in [-0.3, -0.25) is 9.59 Å². The molecule has 0 atom stereocenters. The molecule has 5 nitrogen and oxygen atoms in total. The standard InChI is InChI=1S/C16H22N2O3/c1-12-5-4-6-13(11-12)21-10-9-18-8-7-14(19)17-16(2,3)15(18)20/h4-6,11H,7-10H2,1-3H3,(H,17,19). The minimum Gasteiger partial charge on any atom is -0.492 e. The van der Waals surface area contributed by atoms with Crippen molar-refractivity contribution in [1.29, 1.82) is 0 Å². The Labute approximate surface area is 125 Å². The van der Waals surface area contributed by atoms with E-state index in [2.05, 4.69) is 5.32 Å². The maximum atomic E-state index is 12.4. The number of nitrogens with zero attached hydrogens (tertiary/aromatic N) is 1. The Morgan fingerprint density at radius 1 is 1.33 bits per heavy atom. The first kappa shape index (κ1) is 15.4. The van der Waals surface area contributed by atoms with Crippen LogP contribution in [0, 0.1) is 6.92 Å². The molecule has 2 rings (SSSR count). The van der Waals surface area contributed by atoms with Gasteiger partial charge in [0.25, 0.3) is 0 Å². The zero-order valence-electron chi connectivity index (χ0n) is 12.8. The zero-order valence-corrected chi connectivity index (χ0v) is 12.8. The average Bonchev–Trinajstić information content (AvgIpc) is 2.49. The summed E-state index contributed by atoms with van der Waals surface area (Å²) in [5, 5.41) is 2.74. The van der Waals surface area contributed by atoms with Gasteiger partial charge in [-0.05, 0) is 38.5 Å². The lowest BCUT2D eigenvalue weighted by Crippen LogP contribution is -2.53. The summed E-state index contributed by atoms with van der Waals surface area (Å²) >= 11 is 0. The van der Waals surface area contributed by atoms with E-state index in [9.17, 15) is 9.59 Å². The fourth-order valence-electron chi connectivity index (χ4n) is 2.39. The van der Waals surface area contributed by atoms with Gasteiger partial charge in [0.2, 0.25) is 11.8 Å². The number of hydrogen-bond acceptors (Lipinski definition) is 3. The third-order valence-electron chi connectivity index (χ3n) is 3.50. The molecule has 1 saturated heterocycles. The van der Waals surface area contributed by atoms with Crippen molar-refractivity contribution in [2.24, 2.45) is 0 Å². The van der Waals surface area contributed by atoms with Crippen LogP contribution in [0.1, 0.15) is 25.8 Å². The van der Waals surface area contributed by atoms with Crippen LogP contribution in [0.4, 0.5) is 0 Å². The molecule has 5 heteroatoms. The molecular formula is C16H22N2O3. The van der Waals surface area contributed by atoms with Gasteiger partial charge in [-0.15, -0.1) is 0 Å². The topological polar surface area (TPSA) is 58.6 Å². The molecule has 2 amide bonds. The van der Waals surface area contributed by atoms with Crippen LogP contribution < -0.4 is 10.1 Å². The lowest BCUT2D eigenvalue weighted by Gasteiger charge is -2.28. The summed E-state index contributed by atoms with van der Waals surface area (Å²) in [5.74, 6) is 0.641. The molecule has 0 radical (unpaired) electrons. The normalized spacial score (nSPS) is 18.1. The van der Waals surface area contributed by atoms with Crippen LogP contribution in [0.3, 0.4) is 0 Å². The molecule has 1 N–H and O–H groups in total. The molecule has 0 aromatic heterocycles. The predicted octanol–water partition coefficient (Wildman–Crippen LogP) is 1.50. The number of ether oxygens (including phenoxy) is 1. The number of benzene rings is 1. The van der Waals surface area contributed by atoms with E-state index in [1.165, 1.54) is 0 Å². The summed E-state index contributed by atoms with van der Waals surface area (Å²) in [5.41, 5.74) is 0.283. The first-order chi connectivity index (χ1) is 9.88. The molecular weight excluding hydrogens is 268 g/mol. The minimum absolute atomic E-state index is 0.0683. The Balaban J connectivity index is 1.92. The van der Waals surface area contributed by atoms with Crippen molar-refractivity contribution in [3.8, 4) is 5.75 Å². The summed E-state index contributed by atoms with van der Waals surface area (Å²) < 4.78 is 5.67. The van der Waals surface area contributed by atoms with Crippen LogP contribution >= 0.6 is 0 Å². The van der Waals surface area contributed by atoms with Crippen LogP contribution in [-0.4, -0.2) is 41.9 Å². The summed E-state index contributed by atoms with van der Waals surface area (Å²) in [7, 11) is 0. The van der Waals surface area contributed by atoms with Gasteiger partial charge >= 0.3 is 0 Å². The minimum atomic E-state index is -0.850. The van der Waals surface area contributed by atoms with Gasteiger partial charge in [0.15, 0.2) is 0 Å². The van der Waals surface area contributed by atoms with Crippen molar-refractivity contribution >= 4 is 11.8 Å². The largest absolute Gasteiger partial charge is 0.492 e. The first-order valence-electron chi connectivity index (χ1n) is 7.18. The summed E-state index contributed by atoms with van der Waals surface area (Å²) in [4.78, 5) is 25.7. The van der Waals surface area contributed by atoms with Crippen molar-refractivity contribution in [1.82, 2.24) is 10.2 Å². The lowest BCUT2D eigenvalue weighted by molar-refractivity contribution is -0.137. The summed E-state index contributed by atoms with van der Waals surface area (Å²) in [6.45, 7) is 6.79. The Kier molecular flexibility index (Phi) is 4.50. The van der Waals surface area contributed by atoms with Crippen molar-refractivity contribution < 1.29 is 14.3 Å². The first-order valence-corrected chi connectivity index (χ1v) is 7.18. The number of nitrogens with one attached hydrogen (secondary N) is 1. The van der Waals surface area contributed by atoms with E-state index in [0.717, 1.165) is 11.3 Å². The molecule has 1 aromatic carbocycles. The van der Waals surface area contributed by atoms with Gasteiger partial charge < -0.3 is 15.0 Å². The van der Waals surface area contributed by atoms with Gasteiger partial charge in [0, 0.05) is 13.0 Å². The van der Waals surface area contributed by atoms with Crippen LogP contribution in [0.25, 0.3) is 0 Å². The number of hydrogen-bond donors (Lipinski definition) is 1. The van der Waals surface area contributed by atoms with E-state index in [0.29, 0.717) is 26.1 Å². The fraction of sp³-hybridized carbons (Fsp3) is 0.500. The highest BCUT2D eigenvalue weighted by atomic mass is 16.5. The number of rotatable bonds is 4. The Morgan fingerprint density at radius 3 is 2.81 bits per heavy atom. The maximum absolute atomic E-state index is 12.4. The number of amides is 2. The van der Waals surface area contributed by atoms with Crippen LogP contribution in [0.5, 0.6) is 5.75 Å². The van der Waals surface area contributed by atoms with Crippen molar-refractivity contribution in [2.45, 2.75) is 32.7 Å². The van der Waals surface area contributed by atoms with E-state index in [4.69, 9.17) is 4.74 Å². The third-order valence-corrected chi connectivity index (χ3v) is 3.50. The molecule has 1 aromatic rings. The smallest absolute Gasteiger partial charge is 0.247 e. The van der Waals surface area contributed by atoms with E-state index in [1.54, 1.807) is 18.7 Å². The molecule has 114 valence electrons. The number of carbonyl (C=O) groups is 2. The van der Waals surface area contributed by atoms with Crippen LogP contribution in [-0.2, 0) is 9.59 Å². The van der Waals surface area contributed by atoms with E-state index in [1.807, 2.05) is 31.2 Å². The van der Waals surface area contributed by atoms with Gasteiger partial charge in [-0.2, -0.15) is 0 Å². The van der Waals surface area contributed by atoms with Crippen molar-refractivity contribution in [3.05, 3.63) is 29.8 Å². The second-order valence-electron chi connectivity index (χ2n) is 5.88. The highest BCUT2D eigenvalue weighted by Crippen LogP contribution is 2.15. The molecule has 1 aliphatic heterocycles. The zero-order chi connectivity index (χ0) is 15.5. The maximum Gasteiger partial charge on any atom is 0.247 e. The molecule has 0 aliphatic carbocycles. The van der Waals surface area contributed by atoms with Crippen LogP contribution in [0.2, 0.25) is 0 Å². The van der Waals surface area contributed by atoms with E-state index in [-0.39, 0.29) is 11.8 Å². The number of aryl methyl sites for hydroxylation is 1. The van der Waals surface area contributed by atoms with Gasteiger partial charge in [-0.25, -0.2) is 0 Å². The van der Waals surface area contributed by atoms with Gasteiger partial charge in [0.05, 0.1) is 6.54 Å². The monoisotopic (exact) mass is 290 g/mol. The van der Waals surface area contributed by atoms with E-state index >= 15 is 0 Å². The summed E-state index contributed by atoms with van der Waals surface area (Å²) in [6.07, 6.45) is 0.333. The lowest BCUT2D eigenvalue weighted by atomic mass is 10.0. The van der Waals surface area contributed by atoms with Gasteiger partial charge in [-0.1, -0.05) is 12.1 Å². The molecule has 0 bridgehead atoms. The molecule has 0 spiro atoms. The highest BCUT2D eigenvalue weighted by molar-refractivity contribution is 5.92. The number of carbonyl (C=O) groups excluding carboxylic acids is 2. The quantitative estimate of drug-likeness (QED) is 0.914. The summed E-state index contributed by atoms with van der Waals surface area (Å²) in [6, 6.07) is 7.80. The molecule has 1 fully saturated rings. The second kappa shape index (κ2) is 6.16. The molecule has 1 heterocycles. The van der Waals surface area contributed by atoms with Gasteiger partial charge in [0.1, 0.15) is 17.9 Å². The third kappa shape index (κ3) is 3.97. The Bertz CT molecular complexity index is 540. The Hall–Kier alpha value is -2.04. The second-order valence-corrected chi connectivity index (χ2v) is 5.88. The van der Waals surface area contributed by atoms with Crippen molar-refractivity contribution in [2.75, 3.05) is 19.7 Å². The molecule has 1 aliphatic rings.